The van der Waals surface area contributed by atoms with E-state index in [2.05, 4.69) is 21.9 Å². The number of hydrogen-bond acceptors (Lipinski definition) is 3. The van der Waals surface area contributed by atoms with Crippen molar-refractivity contribution < 1.29 is 9.18 Å². The molecule has 2 fully saturated rings. The quantitative estimate of drug-likeness (QED) is 0.796. The first kappa shape index (κ1) is 19.1. The van der Waals surface area contributed by atoms with Gasteiger partial charge in [0.25, 0.3) is 0 Å². The Morgan fingerprint density at radius 2 is 1.50 bits per heavy atom. The molecule has 0 spiro atoms. The number of hydrogen-bond donors (Lipinski definition) is 0. The fraction of sp³-hybridized carbons (Fsp3) is 0.435. The number of piperidine rings is 1. The van der Waals surface area contributed by atoms with Gasteiger partial charge in [0.2, 0.25) is 5.91 Å². The SMILES string of the molecule is O=C1[C@@H](N2CCN(Cc3ccc(F)cc3)CC2)CCCN1Cc1ccccc1. The van der Waals surface area contributed by atoms with Gasteiger partial charge in [-0.1, -0.05) is 42.5 Å². The van der Waals surface area contributed by atoms with Crippen LogP contribution in [0.25, 0.3) is 0 Å². The number of benzene rings is 2. The van der Waals surface area contributed by atoms with Crippen LogP contribution in [0.3, 0.4) is 0 Å². The van der Waals surface area contributed by atoms with E-state index in [0.717, 1.165) is 57.7 Å². The minimum absolute atomic E-state index is 0.0189. The number of rotatable bonds is 5. The Kier molecular flexibility index (Phi) is 6.03. The monoisotopic (exact) mass is 381 g/mol. The molecule has 5 heteroatoms. The number of halogens is 1. The summed E-state index contributed by atoms with van der Waals surface area (Å²) in [6.45, 7) is 6.12. The molecular formula is C23H28FN3O. The molecular weight excluding hydrogens is 353 g/mol. The largest absolute Gasteiger partial charge is 0.337 e. The second-order valence-electron chi connectivity index (χ2n) is 7.84. The fourth-order valence-corrected chi connectivity index (χ4v) is 4.30. The van der Waals surface area contributed by atoms with Crippen molar-refractivity contribution in [2.24, 2.45) is 0 Å². The summed E-state index contributed by atoms with van der Waals surface area (Å²) < 4.78 is 13.1. The molecule has 1 amide bonds. The van der Waals surface area contributed by atoms with Gasteiger partial charge >= 0.3 is 0 Å². The molecule has 4 nitrogen and oxygen atoms in total. The van der Waals surface area contributed by atoms with Crippen LogP contribution < -0.4 is 0 Å². The molecule has 0 bridgehead atoms. The van der Waals surface area contributed by atoms with E-state index in [1.165, 1.54) is 17.7 Å². The number of amides is 1. The first-order valence-corrected chi connectivity index (χ1v) is 10.2. The van der Waals surface area contributed by atoms with Gasteiger partial charge < -0.3 is 4.90 Å². The zero-order valence-corrected chi connectivity index (χ0v) is 16.3. The molecule has 0 saturated carbocycles. The standard InChI is InChI=1S/C23H28FN3O/c24-21-10-8-20(9-11-21)17-25-13-15-26(16-14-25)22-7-4-12-27(23(22)28)18-19-5-2-1-3-6-19/h1-3,5-6,8-11,22H,4,7,12-18H2/t22-/m0/s1. The van der Waals surface area contributed by atoms with Crippen molar-refractivity contribution in [3.8, 4) is 0 Å². The zero-order valence-electron chi connectivity index (χ0n) is 16.3. The number of carbonyl (C=O) groups excluding carboxylic acids is 1. The normalized spacial score (nSPS) is 21.8. The van der Waals surface area contributed by atoms with Gasteiger partial charge in [0.1, 0.15) is 5.82 Å². The smallest absolute Gasteiger partial charge is 0.240 e. The van der Waals surface area contributed by atoms with Crippen LogP contribution in [0.4, 0.5) is 4.39 Å². The molecule has 28 heavy (non-hydrogen) atoms. The molecule has 4 rings (SSSR count). The van der Waals surface area contributed by atoms with E-state index in [0.29, 0.717) is 6.54 Å². The molecule has 0 radical (unpaired) electrons. The van der Waals surface area contributed by atoms with E-state index in [4.69, 9.17) is 0 Å². The van der Waals surface area contributed by atoms with Crippen LogP contribution in [-0.2, 0) is 17.9 Å². The lowest BCUT2D eigenvalue weighted by Crippen LogP contribution is -2.57. The lowest BCUT2D eigenvalue weighted by Gasteiger charge is -2.42. The Bertz CT molecular complexity index is 772. The predicted octanol–water partition coefficient (Wildman–Crippen LogP) is 3.13. The zero-order chi connectivity index (χ0) is 19.3. The summed E-state index contributed by atoms with van der Waals surface area (Å²) in [6.07, 6.45) is 2.03. The Labute approximate surface area is 166 Å². The molecule has 0 unspecified atom stereocenters. The maximum Gasteiger partial charge on any atom is 0.240 e. The highest BCUT2D eigenvalue weighted by Crippen LogP contribution is 2.21. The van der Waals surface area contributed by atoms with Gasteiger partial charge in [-0.25, -0.2) is 4.39 Å². The van der Waals surface area contributed by atoms with E-state index in [1.54, 1.807) is 0 Å². The van der Waals surface area contributed by atoms with E-state index < -0.39 is 0 Å². The summed E-state index contributed by atoms with van der Waals surface area (Å²) in [4.78, 5) is 19.8. The topological polar surface area (TPSA) is 26.8 Å². The highest BCUT2D eigenvalue weighted by atomic mass is 19.1. The highest BCUT2D eigenvalue weighted by Gasteiger charge is 2.34. The van der Waals surface area contributed by atoms with Crippen molar-refractivity contribution >= 4 is 5.91 Å². The Morgan fingerprint density at radius 3 is 2.21 bits per heavy atom. The summed E-state index contributed by atoms with van der Waals surface area (Å²) in [5, 5.41) is 0. The molecule has 2 aliphatic rings. The minimum Gasteiger partial charge on any atom is -0.337 e. The third kappa shape index (κ3) is 4.59. The van der Waals surface area contributed by atoms with E-state index >= 15 is 0 Å². The summed E-state index contributed by atoms with van der Waals surface area (Å²) >= 11 is 0. The van der Waals surface area contributed by atoms with Crippen molar-refractivity contribution in [1.82, 2.24) is 14.7 Å². The second-order valence-corrected chi connectivity index (χ2v) is 7.84. The van der Waals surface area contributed by atoms with Crippen molar-refractivity contribution in [2.45, 2.75) is 32.0 Å². The molecule has 2 saturated heterocycles. The van der Waals surface area contributed by atoms with Crippen LogP contribution in [0.5, 0.6) is 0 Å². The predicted molar refractivity (Wildman–Crippen MR) is 108 cm³/mol. The summed E-state index contributed by atoms with van der Waals surface area (Å²) in [5.41, 5.74) is 2.33. The van der Waals surface area contributed by atoms with E-state index in [-0.39, 0.29) is 17.8 Å². The first-order valence-electron chi connectivity index (χ1n) is 10.2. The molecule has 0 N–H and O–H groups in total. The first-order chi connectivity index (χ1) is 13.7. The third-order valence-electron chi connectivity index (χ3n) is 5.89. The molecule has 2 aromatic carbocycles. The molecule has 2 aromatic rings. The molecule has 148 valence electrons. The van der Waals surface area contributed by atoms with Crippen molar-refractivity contribution in [3.05, 3.63) is 71.5 Å². The maximum absolute atomic E-state index is 13.1. The van der Waals surface area contributed by atoms with Gasteiger partial charge in [0.15, 0.2) is 0 Å². The van der Waals surface area contributed by atoms with Crippen LogP contribution in [0.15, 0.2) is 54.6 Å². The summed E-state index contributed by atoms with van der Waals surface area (Å²) in [5.74, 6) is 0.0894. The molecule has 2 heterocycles. The van der Waals surface area contributed by atoms with Gasteiger partial charge in [0, 0.05) is 45.8 Å². The molecule has 0 aliphatic carbocycles. The van der Waals surface area contributed by atoms with E-state index in [1.807, 2.05) is 35.2 Å². The number of nitrogens with zero attached hydrogens (tertiary/aromatic N) is 3. The van der Waals surface area contributed by atoms with Crippen LogP contribution in [0, 0.1) is 5.82 Å². The van der Waals surface area contributed by atoms with Gasteiger partial charge in [0.05, 0.1) is 6.04 Å². The van der Waals surface area contributed by atoms with Crippen LogP contribution in [-0.4, -0.2) is 59.4 Å². The van der Waals surface area contributed by atoms with Crippen LogP contribution in [0.2, 0.25) is 0 Å². The Balaban J connectivity index is 1.31. The fourth-order valence-electron chi connectivity index (χ4n) is 4.30. The van der Waals surface area contributed by atoms with Crippen LogP contribution >= 0.6 is 0 Å². The van der Waals surface area contributed by atoms with Gasteiger partial charge in [-0.15, -0.1) is 0 Å². The average molecular weight is 381 g/mol. The highest BCUT2D eigenvalue weighted by molar-refractivity contribution is 5.82. The second kappa shape index (κ2) is 8.84. The van der Waals surface area contributed by atoms with Crippen LogP contribution in [0.1, 0.15) is 24.0 Å². The minimum atomic E-state index is -0.190. The molecule has 0 aromatic heterocycles. The van der Waals surface area contributed by atoms with E-state index in [9.17, 15) is 9.18 Å². The van der Waals surface area contributed by atoms with Gasteiger partial charge in [-0.05, 0) is 36.1 Å². The van der Waals surface area contributed by atoms with Crippen molar-refractivity contribution in [1.29, 1.82) is 0 Å². The van der Waals surface area contributed by atoms with Gasteiger partial charge in [-0.2, -0.15) is 0 Å². The summed E-state index contributed by atoms with van der Waals surface area (Å²) in [7, 11) is 0. The van der Waals surface area contributed by atoms with Crippen molar-refractivity contribution in [2.75, 3.05) is 32.7 Å². The lowest BCUT2D eigenvalue weighted by molar-refractivity contribution is -0.141. The number of likely N-dealkylation sites (tertiary alicyclic amines) is 1. The maximum atomic E-state index is 13.1. The third-order valence-corrected chi connectivity index (χ3v) is 5.89. The number of piperazine rings is 1. The Hall–Kier alpha value is -2.24. The Morgan fingerprint density at radius 1 is 0.821 bits per heavy atom. The van der Waals surface area contributed by atoms with Crippen molar-refractivity contribution in [3.63, 3.8) is 0 Å². The number of carbonyl (C=O) groups is 1. The lowest BCUT2D eigenvalue weighted by atomic mass is 10.0. The molecule has 1 atom stereocenters. The van der Waals surface area contributed by atoms with Gasteiger partial charge in [-0.3, -0.25) is 14.6 Å². The molecule has 2 aliphatic heterocycles. The summed E-state index contributed by atoms with van der Waals surface area (Å²) in [6, 6.07) is 17.0. The average Bonchev–Trinajstić information content (AvgIpc) is 2.73.